The van der Waals surface area contributed by atoms with Crippen molar-refractivity contribution < 1.29 is 0 Å². The first-order chi connectivity index (χ1) is 6.84. The van der Waals surface area contributed by atoms with Gasteiger partial charge in [0.15, 0.2) is 0 Å². The normalized spacial score (nSPS) is 10.1. The van der Waals surface area contributed by atoms with Crippen LogP contribution in [0.1, 0.15) is 18.5 Å². The van der Waals surface area contributed by atoms with Gasteiger partial charge in [-0.05, 0) is 31.8 Å². The van der Waals surface area contributed by atoms with E-state index in [0.717, 1.165) is 18.1 Å². The van der Waals surface area contributed by atoms with E-state index in [9.17, 15) is 0 Å². The van der Waals surface area contributed by atoms with Crippen LogP contribution in [0.15, 0.2) is 12.4 Å². The molecule has 0 saturated heterocycles. The lowest BCUT2D eigenvalue weighted by atomic mass is 10.3. The SMILES string of the molecule is CSCCCCNc1nccnc1C. The van der Waals surface area contributed by atoms with Crippen LogP contribution >= 0.6 is 11.8 Å². The van der Waals surface area contributed by atoms with Gasteiger partial charge in [-0.3, -0.25) is 4.98 Å². The first kappa shape index (κ1) is 11.3. The molecule has 1 aromatic heterocycles. The Balaban J connectivity index is 2.21. The Morgan fingerprint density at radius 3 is 2.79 bits per heavy atom. The summed E-state index contributed by atoms with van der Waals surface area (Å²) in [5, 5.41) is 3.29. The van der Waals surface area contributed by atoms with Crippen molar-refractivity contribution >= 4 is 17.6 Å². The van der Waals surface area contributed by atoms with E-state index in [1.54, 1.807) is 12.4 Å². The maximum atomic E-state index is 4.22. The van der Waals surface area contributed by atoms with Gasteiger partial charge in [-0.25, -0.2) is 4.98 Å². The molecule has 78 valence electrons. The van der Waals surface area contributed by atoms with E-state index < -0.39 is 0 Å². The second-order valence-corrected chi connectivity index (χ2v) is 4.10. The number of aromatic nitrogens is 2. The van der Waals surface area contributed by atoms with E-state index in [4.69, 9.17) is 0 Å². The maximum Gasteiger partial charge on any atom is 0.147 e. The molecule has 0 aliphatic rings. The number of anilines is 1. The first-order valence-electron chi connectivity index (χ1n) is 4.85. The Labute approximate surface area is 89.7 Å². The van der Waals surface area contributed by atoms with Crippen LogP contribution in [-0.4, -0.2) is 28.5 Å². The van der Waals surface area contributed by atoms with Gasteiger partial charge >= 0.3 is 0 Å². The Morgan fingerprint density at radius 2 is 2.07 bits per heavy atom. The summed E-state index contributed by atoms with van der Waals surface area (Å²) in [5.41, 5.74) is 0.970. The summed E-state index contributed by atoms with van der Waals surface area (Å²) in [6.45, 7) is 2.96. The molecule has 0 atom stereocenters. The predicted molar refractivity (Wildman–Crippen MR) is 62.9 cm³/mol. The third-order valence-electron chi connectivity index (χ3n) is 1.95. The molecule has 1 aromatic rings. The molecule has 0 unspecified atom stereocenters. The molecule has 0 aromatic carbocycles. The molecule has 1 rings (SSSR count). The van der Waals surface area contributed by atoms with E-state index >= 15 is 0 Å². The fourth-order valence-corrected chi connectivity index (χ4v) is 1.65. The van der Waals surface area contributed by atoms with Crippen LogP contribution in [0.3, 0.4) is 0 Å². The van der Waals surface area contributed by atoms with Crippen molar-refractivity contribution in [1.82, 2.24) is 9.97 Å². The molecule has 4 heteroatoms. The first-order valence-corrected chi connectivity index (χ1v) is 6.24. The zero-order valence-electron chi connectivity index (χ0n) is 8.79. The lowest BCUT2D eigenvalue weighted by molar-refractivity contribution is 0.837. The highest BCUT2D eigenvalue weighted by molar-refractivity contribution is 7.98. The van der Waals surface area contributed by atoms with Crippen molar-refractivity contribution in [2.75, 3.05) is 23.9 Å². The topological polar surface area (TPSA) is 37.8 Å². The molecular formula is C10H17N3S. The smallest absolute Gasteiger partial charge is 0.147 e. The number of nitrogens with one attached hydrogen (secondary N) is 1. The summed E-state index contributed by atoms with van der Waals surface area (Å²) in [6, 6.07) is 0. The lowest BCUT2D eigenvalue weighted by Crippen LogP contribution is -2.05. The molecule has 0 bridgehead atoms. The van der Waals surface area contributed by atoms with Gasteiger partial charge in [-0.2, -0.15) is 11.8 Å². The summed E-state index contributed by atoms with van der Waals surface area (Å²) in [7, 11) is 0. The van der Waals surface area contributed by atoms with Crippen LogP contribution in [0.2, 0.25) is 0 Å². The average molecular weight is 211 g/mol. The van der Waals surface area contributed by atoms with E-state index in [-0.39, 0.29) is 0 Å². The number of hydrogen-bond donors (Lipinski definition) is 1. The summed E-state index contributed by atoms with van der Waals surface area (Å²) >= 11 is 1.90. The fourth-order valence-electron chi connectivity index (χ4n) is 1.16. The molecule has 0 spiro atoms. The van der Waals surface area contributed by atoms with Crippen molar-refractivity contribution in [2.24, 2.45) is 0 Å². The van der Waals surface area contributed by atoms with Crippen molar-refractivity contribution in [2.45, 2.75) is 19.8 Å². The van der Waals surface area contributed by atoms with Crippen LogP contribution in [0.4, 0.5) is 5.82 Å². The van der Waals surface area contributed by atoms with E-state index in [1.165, 1.54) is 18.6 Å². The molecule has 1 N–H and O–H groups in total. The molecule has 3 nitrogen and oxygen atoms in total. The molecule has 14 heavy (non-hydrogen) atoms. The number of nitrogens with zero attached hydrogens (tertiary/aromatic N) is 2. The maximum absolute atomic E-state index is 4.22. The summed E-state index contributed by atoms with van der Waals surface area (Å²) in [4.78, 5) is 8.38. The second kappa shape index (κ2) is 6.65. The number of rotatable bonds is 6. The highest BCUT2D eigenvalue weighted by atomic mass is 32.2. The Kier molecular flexibility index (Phi) is 5.37. The van der Waals surface area contributed by atoms with Gasteiger partial charge in [-0.15, -0.1) is 0 Å². The van der Waals surface area contributed by atoms with Gasteiger partial charge in [-0.1, -0.05) is 0 Å². The third-order valence-corrected chi connectivity index (χ3v) is 2.65. The van der Waals surface area contributed by atoms with Gasteiger partial charge in [0.05, 0.1) is 5.69 Å². The van der Waals surface area contributed by atoms with Crippen LogP contribution in [0.5, 0.6) is 0 Å². The molecule has 1 heterocycles. The summed E-state index contributed by atoms with van der Waals surface area (Å²) < 4.78 is 0. The molecule has 0 radical (unpaired) electrons. The number of hydrogen-bond acceptors (Lipinski definition) is 4. The van der Waals surface area contributed by atoms with Crippen LogP contribution in [0.25, 0.3) is 0 Å². The fraction of sp³-hybridized carbons (Fsp3) is 0.600. The highest BCUT2D eigenvalue weighted by Gasteiger charge is 1.97. The number of thioether (sulfide) groups is 1. The molecule has 0 amide bonds. The average Bonchev–Trinajstić information content (AvgIpc) is 2.20. The Morgan fingerprint density at radius 1 is 1.29 bits per heavy atom. The molecule has 0 saturated carbocycles. The van der Waals surface area contributed by atoms with Gasteiger partial charge in [0, 0.05) is 18.9 Å². The van der Waals surface area contributed by atoms with Crippen LogP contribution < -0.4 is 5.32 Å². The van der Waals surface area contributed by atoms with Crippen molar-refractivity contribution in [3.63, 3.8) is 0 Å². The quantitative estimate of drug-likeness (QED) is 0.733. The molecule has 0 aliphatic heterocycles. The van der Waals surface area contributed by atoms with Gasteiger partial charge < -0.3 is 5.32 Å². The minimum atomic E-state index is 0.914. The number of aryl methyl sites for hydroxylation is 1. The van der Waals surface area contributed by atoms with E-state index in [0.29, 0.717) is 0 Å². The minimum absolute atomic E-state index is 0.914. The van der Waals surface area contributed by atoms with E-state index in [1.807, 2.05) is 18.7 Å². The van der Waals surface area contributed by atoms with Crippen LogP contribution in [-0.2, 0) is 0 Å². The Bertz CT molecular complexity index is 265. The summed E-state index contributed by atoms with van der Waals surface area (Å²) in [6.07, 6.45) is 8.02. The van der Waals surface area contributed by atoms with Crippen LogP contribution in [0, 0.1) is 6.92 Å². The molecular weight excluding hydrogens is 194 g/mol. The van der Waals surface area contributed by atoms with Gasteiger partial charge in [0.2, 0.25) is 0 Å². The van der Waals surface area contributed by atoms with Crippen molar-refractivity contribution in [3.05, 3.63) is 18.1 Å². The van der Waals surface area contributed by atoms with Crippen molar-refractivity contribution in [3.8, 4) is 0 Å². The molecule has 0 aliphatic carbocycles. The zero-order valence-corrected chi connectivity index (χ0v) is 9.60. The van der Waals surface area contributed by atoms with E-state index in [2.05, 4.69) is 21.5 Å². The second-order valence-electron chi connectivity index (χ2n) is 3.12. The minimum Gasteiger partial charge on any atom is -0.369 e. The number of unbranched alkanes of at least 4 members (excludes halogenated alkanes) is 1. The monoisotopic (exact) mass is 211 g/mol. The lowest BCUT2D eigenvalue weighted by Gasteiger charge is -2.06. The predicted octanol–water partition coefficient (Wildman–Crippen LogP) is 2.34. The molecule has 0 fully saturated rings. The largest absolute Gasteiger partial charge is 0.369 e. The Hall–Kier alpha value is -0.770. The summed E-state index contributed by atoms with van der Waals surface area (Å²) in [5.74, 6) is 2.15. The van der Waals surface area contributed by atoms with Gasteiger partial charge in [0.1, 0.15) is 5.82 Å². The standard InChI is InChI=1S/C10H17N3S/c1-9-10(13-7-6-11-9)12-5-3-4-8-14-2/h6-7H,3-5,8H2,1-2H3,(H,12,13). The van der Waals surface area contributed by atoms with Gasteiger partial charge in [0.25, 0.3) is 0 Å². The highest BCUT2D eigenvalue weighted by Crippen LogP contribution is 2.06. The third kappa shape index (κ3) is 3.96. The zero-order chi connectivity index (χ0) is 10.2. The van der Waals surface area contributed by atoms with Crippen molar-refractivity contribution in [1.29, 1.82) is 0 Å².